The predicted molar refractivity (Wildman–Crippen MR) is 127 cm³/mol. The molecule has 1 aromatic heterocycles. The van der Waals surface area contributed by atoms with Gasteiger partial charge in [-0.3, -0.25) is 24.7 Å². The fourth-order valence-electron chi connectivity index (χ4n) is 4.23. The number of nitrogens with one attached hydrogen (secondary N) is 2. The van der Waals surface area contributed by atoms with Gasteiger partial charge in [0.2, 0.25) is 0 Å². The maximum Gasteiger partial charge on any atom is 0.262 e. The third-order valence-corrected chi connectivity index (χ3v) is 6.01. The summed E-state index contributed by atoms with van der Waals surface area (Å²) in [4.78, 5) is 31.1. The molecule has 0 spiro atoms. The van der Waals surface area contributed by atoms with Crippen molar-refractivity contribution in [1.29, 1.82) is 0 Å². The van der Waals surface area contributed by atoms with Crippen molar-refractivity contribution in [3.8, 4) is 5.75 Å². The molecule has 2 aromatic carbocycles. The van der Waals surface area contributed by atoms with Crippen LogP contribution in [0.1, 0.15) is 28.0 Å². The Morgan fingerprint density at radius 3 is 2.71 bits per heavy atom. The highest BCUT2D eigenvalue weighted by molar-refractivity contribution is 5.94. The summed E-state index contributed by atoms with van der Waals surface area (Å²) >= 11 is 0. The molecule has 1 fully saturated rings. The van der Waals surface area contributed by atoms with Gasteiger partial charge in [-0.2, -0.15) is 0 Å². The molecule has 9 nitrogen and oxygen atoms in total. The number of aryl methyl sites for hydroxylation is 1. The number of ether oxygens (including phenoxy) is 1. The van der Waals surface area contributed by atoms with Crippen molar-refractivity contribution in [3.05, 3.63) is 71.4 Å². The summed E-state index contributed by atoms with van der Waals surface area (Å²) in [5.74, 6) is -0.253. The van der Waals surface area contributed by atoms with Crippen molar-refractivity contribution in [2.24, 2.45) is 5.73 Å². The van der Waals surface area contributed by atoms with Crippen LogP contribution in [0.5, 0.6) is 5.75 Å². The van der Waals surface area contributed by atoms with Gasteiger partial charge in [-0.15, -0.1) is 0 Å². The standard InChI is InChI=1S/C25H29N5O4/c1-16-12-18(21-4-2-3-5-22(21)28-16)15-34-20-8-6-17(7-9-20)24(31)27-13-23(25(32)29-33)30-11-10-19(26)14-30/h2-9,12,19,23,33H,10-11,13-15,26H2,1H3,(H,27,31)(H,29,32)/t19?,23-/m0/s1. The van der Waals surface area contributed by atoms with Crippen LogP contribution in [-0.2, 0) is 11.4 Å². The molecule has 4 rings (SSSR count). The molecule has 178 valence electrons. The molecule has 0 aliphatic carbocycles. The van der Waals surface area contributed by atoms with E-state index in [-0.39, 0.29) is 18.5 Å². The van der Waals surface area contributed by atoms with Gasteiger partial charge in [-0.25, -0.2) is 5.48 Å². The second-order valence-electron chi connectivity index (χ2n) is 8.50. The number of hydroxylamine groups is 1. The Kier molecular flexibility index (Phi) is 7.36. The monoisotopic (exact) mass is 463 g/mol. The number of rotatable bonds is 8. The fourth-order valence-corrected chi connectivity index (χ4v) is 4.23. The minimum absolute atomic E-state index is 0.0220. The molecule has 34 heavy (non-hydrogen) atoms. The number of nitrogens with zero attached hydrogens (tertiary/aromatic N) is 2. The second-order valence-corrected chi connectivity index (χ2v) is 8.50. The van der Waals surface area contributed by atoms with E-state index in [1.54, 1.807) is 29.7 Å². The Labute approximate surface area is 197 Å². The number of amides is 2. The molecule has 1 unspecified atom stereocenters. The predicted octanol–water partition coefficient (Wildman–Crippen LogP) is 1.76. The lowest BCUT2D eigenvalue weighted by atomic mass is 10.1. The zero-order valence-corrected chi connectivity index (χ0v) is 19.0. The van der Waals surface area contributed by atoms with E-state index >= 15 is 0 Å². The Balaban J connectivity index is 1.36. The average Bonchev–Trinajstić information content (AvgIpc) is 3.28. The van der Waals surface area contributed by atoms with Crippen LogP contribution in [0.2, 0.25) is 0 Å². The zero-order valence-electron chi connectivity index (χ0n) is 19.0. The van der Waals surface area contributed by atoms with Crippen molar-refractivity contribution >= 4 is 22.7 Å². The number of para-hydroxylation sites is 1. The number of carbonyl (C=O) groups is 2. The van der Waals surface area contributed by atoms with E-state index in [4.69, 9.17) is 15.7 Å². The molecule has 2 atom stereocenters. The highest BCUT2D eigenvalue weighted by Crippen LogP contribution is 2.21. The second kappa shape index (κ2) is 10.6. The van der Waals surface area contributed by atoms with E-state index in [0.29, 0.717) is 31.0 Å². The van der Waals surface area contributed by atoms with Crippen molar-refractivity contribution in [2.75, 3.05) is 19.6 Å². The van der Waals surface area contributed by atoms with Crippen molar-refractivity contribution in [2.45, 2.75) is 32.0 Å². The molecule has 0 saturated carbocycles. The fraction of sp³-hybridized carbons (Fsp3) is 0.320. The van der Waals surface area contributed by atoms with Crippen LogP contribution >= 0.6 is 0 Å². The Bertz CT molecular complexity index is 1170. The molecule has 5 N–H and O–H groups in total. The van der Waals surface area contributed by atoms with Gasteiger partial charge < -0.3 is 15.8 Å². The van der Waals surface area contributed by atoms with Crippen LogP contribution in [0.3, 0.4) is 0 Å². The van der Waals surface area contributed by atoms with Crippen LogP contribution in [0.25, 0.3) is 10.9 Å². The van der Waals surface area contributed by atoms with Crippen LogP contribution in [0, 0.1) is 6.92 Å². The molecule has 1 saturated heterocycles. The molecule has 9 heteroatoms. The van der Waals surface area contributed by atoms with Crippen molar-refractivity contribution in [3.63, 3.8) is 0 Å². The summed E-state index contributed by atoms with van der Waals surface area (Å²) in [6, 6.07) is 16.1. The minimum Gasteiger partial charge on any atom is -0.489 e. The smallest absolute Gasteiger partial charge is 0.262 e. The number of nitrogens with two attached hydrogens (primary N) is 1. The average molecular weight is 464 g/mol. The van der Waals surface area contributed by atoms with Gasteiger partial charge >= 0.3 is 0 Å². The summed E-state index contributed by atoms with van der Waals surface area (Å²) in [5.41, 5.74) is 10.9. The molecule has 1 aliphatic heterocycles. The van der Waals surface area contributed by atoms with E-state index in [0.717, 1.165) is 28.6 Å². The Morgan fingerprint density at radius 1 is 1.24 bits per heavy atom. The minimum atomic E-state index is -0.691. The topological polar surface area (TPSA) is 130 Å². The first kappa shape index (κ1) is 23.6. The third-order valence-electron chi connectivity index (χ3n) is 6.01. The number of hydrogen-bond acceptors (Lipinski definition) is 7. The number of hydrogen-bond donors (Lipinski definition) is 4. The Hall–Kier alpha value is -3.53. The van der Waals surface area contributed by atoms with Crippen LogP contribution in [0.15, 0.2) is 54.6 Å². The highest BCUT2D eigenvalue weighted by atomic mass is 16.5. The normalized spacial score (nSPS) is 16.9. The highest BCUT2D eigenvalue weighted by Gasteiger charge is 2.31. The summed E-state index contributed by atoms with van der Waals surface area (Å²) in [5, 5.41) is 12.9. The van der Waals surface area contributed by atoms with Gasteiger partial charge in [0, 0.05) is 47.9 Å². The van der Waals surface area contributed by atoms with E-state index in [9.17, 15) is 9.59 Å². The molecule has 2 heterocycles. The molecule has 0 radical (unpaired) electrons. The summed E-state index contributed by atoms with van der Waals surface area (Å²) < 4.78 is 5.95. The van der Waals surface area contributed by atoms with E-state index in [2.05, 4.69) is 10.3 Å². The SMILES string of the molecule is Cc1cc(COc2ccc(C(=O)NC[C@@H](C(=O)NO)N3CCC(N)C3)cc2)c2ccccc2n1. The zero-order chi connectivity index (χ0) is 24.1. The number of benzene rings is 2. The number of likely N-dealkylation sites (tertiary alicyclic amines) is 1. The first-order chi connectivity index (χ1) is 16.4. The molecular formula is C25H29N5O4. The van der Waals surface area contributed by atoms with Gasteiger partial charge in [-0.1, -0.05) is 18.2 Å². The summed E-state index contributed by atoms with van der Waals surface area (Å²) in [6.07, 6.45) is 0.763. The lowest BCUT2D eigenvalue weighted by Crippen LogP contribution is -2.52. The molecule has 2 amide bonds. The number of pyridine rings is 1. The molecular weight excluding hydrogens is 434 g/mol. The van der Waals surface area contributed by atoms with Crippen molar-refractivity contribution < 1.29 is 19.5 Å². The largest absolute Gasteiger partial charge is 0.489 e. The Morgan fingerprint density at radius 2 is 2.00 bits per heavy atom. The lowest BCUT2D eigenvalue weighted by molar-refractivity contribution is -0.134. The first-order valence-electron chi connectivity index (χ1n) is 11.2. The first-order valence-corrected chi connectivity index (χ1v) is 11.2. The van der Waals surface area contributed by atoms with E-state index < -0.39 is 11.9 Å². The van der Waals surface area contributed by atoms with Gasteiger partial charge in [0.25, 0.3) is 11.8 Å². The quantitative estimate of drug-likeness (QED) is 0.296. The van der Waals surface area contributed by atoms with Gasteiger partial charge in [0.05, 0.1) is 5.52 Å². The molecule has 3 aromatic rings. The number of carbonyl (C=O) groups excluding carboxylic acids is 2. The van der Waals surface area contributed by atoms with Gasteiger partial charge in [-0.05, 0) is 49.7 Å². The van der Waals surface area contributed by atoms with E-state index in [1.165, 1.54) is 0 Å². The molecule has 1 aliphatic rings. The van der Waals surface area contributed by atoms with Gasteiger partial charge in [0.15, 0.2) is 0 Å². The molecule has 0 bridgehead atoms. The van der Waals surface area contributed by atoms with Crippen LogP contribution in [0.4, 0.5) is 0 Å². The maximum absolute atomic E-state index is 12.6. The summed E-state index contributed by atoms with van der Waals surface area (Å²) in [7, 11) is 0. The van der Waals surface area contributed by atoms with Gasteiger partial charge in [0.1, 0.15) is 18.4 Å². The van der Waals surface area contributed by atoms with Crippen molar-refractivity contribution in [1.82, 2.24) is 20.7 Å². The summed E-state index contributed by atoms with van der Waals surface area (Å²) in [6.45, 7) is 3.56. The number of aromatic nitrogens is 1. The van der Waals surface area contributed by atoms with Crippen LogP contribution < -0.4 is 21.3 Å². The van der Waals surface area contributed by atoms with E-state index in [1.807, 2.05) is 42.2 Å². The third kappa shape index (κ3) is 5.51. The lowest BCUT2D eigenvalue weighted by Gasteiger charge is -2.25. The number of fused-ring (bicyclic) bond motifs is 1. The maximum atomic E-state index is 12.6. The van der Waals surface area contributed by atoms with Crippen LogP contribution in [-0.4, -0.2) is 58.6 Å².